The third-order valence-corrected chi connectivity index (χ3v) is 3.92. The standard InChI is InChI=1S/C8H6BrN3OS2/c1-4-11-12-8(14-4)10-7(13)5-2-3-6(9)15-5/h2-3H,1H3,(H,10,12,13). The van der Waals surface area contributed by atoms with Crippen molar-refractivity contribution < 1.29 is 4.79 Å². The lowest BCUT2D eigenvalue weighted by Crippen LogP contribution is -2.09. The van der Waals surface area contributed by atoms with Crippen molar-refractivity contribution in [1.82, 2.24) is 10.2 Å². The van der Waals surface area contributed by atoms with E-state index < -0.39 is 0 Å². The van der Waals surface area contributed by atoms with Gasteiger partial charge in [0.2, 0.25) is 5.13 Å². The average molecular weight is 304 g/mol. The summed E-state index contributed by atoms with van der Waals surface area (Å²) in [5.41, 5.74) is 0. The maximum absolute atomic E-state index is 11.7. The highest BCUT2D eigenvalue weighted by Gasteiger charge is 2.10. The van der Waals surface area contributed by atoms with Gasteiger partial charge in [-0.05, 0) is 35.0 Å². The number of amides is 1. The summed E-state index contributed by atoms with van der Waals surface area (Å²) in [6.07, 6.45) is 0. The molecule has 2 aromatic heterocycles. The topological polar surface area (TPSA) is 54.9 Å². The van der Waals surface area contributed by atoms with Crippen molar-refractivity contribution in [2.75, 3.05) is 5.32 Å². The highest BCUT2D eigenvalue weighted by molar-refractivity contribution is 9.11. The lowest BCUT2D eigenvalue weighted by molar-refractivity contribution is 0.103. The predicted octanol–water partition coefficient (Wildman–Crippen LogP) is 2.92. The molecule has 7 heteroatoms. The summed E-state index contributed by atoms with van der Waals surface area (Å²) >= 11 is 6.04. The normalized spacial score (nSPS) is 10.3. The highest BCUT2D eigenvalue weighted by Crippen LogP contribution is 2.23. The molecule has 4 nitrogen and oxygen atoms in total. The number of hydrogen-bond donors (Lipinski definition) is 1. The summed E-state index contributed by atoms with van der Waals surface area (Å²) in [6.45, 7) is 1.84. The van der Waals surface area contributed by atoms with E-state index in [0.29, 0.717) is 10.0 Å². The molecule has 0 bridgehead atoms. The molecule has 1 amide bonds. The highest BCUT2D eigenvalue weighted by atomic mass is 79.9. The largest absolute Gasteiger partial charge is 0.296 e. The van der Waals surface area contributed by atoms with Crippen LogP contribution in [0.2, 0.25) is 0 Å². The molecular formula is C8H6BrN3OS2. The molecule has 0 aliphatic heterocycles. The smallest absolute Gasteiger partial charge is 0.267 e. The molecule has 78 valence electrons. The molecule has 2 heterocycles. The first-order valence-corrected chi connectivity index (χ1v) is 6.44. The Kier molecular flexibility index (Phi) is 3.13. The van der Waals surface area contributed by atoms with E-state index >= 15 is 0 Å². The second-order valence-corrected chi connectivity index (χ2v) is 6.33. The lowest BCUT2D eigenvalue weighted by Gasteiger charge is -1.95. The Morgan fingerprint density at radius 2 is 2.20 bits per heavy atom. The number of halogens is 1. The van der Waals surface area contributed by atoms with Gasteiger partial charge in [0, 0.05) is 0 Å². The third kappa shape index (κ3) is 2.61. The van der Waals surface area contributed by atoms with E-state index in [1.165, 1.54) is 22.7 Å². The number of carbonyl (C=O) groups excluding carboxylic acids is 1. The zero-order chi connectivity index (χ0) is 10.8. The minimum Gasteiger partial charge on any atom is -0.296 e. The molecule has 15 heavy (non-hydrogen) atoms. The van der Waals surface area contributed by atoms with Gasteiger partial charge in [-0.3, -0.25) is 10.1 Å². The third-order valence-electron chi connectivity index (χ3n) is 1.54. The van der Waals surface area contributed by atoms with Crippen molar-refractivity contribution in [3.8, 4) is 0 Å². The second kappa shape index (κ2) is 4.38. The van der Waals surface area contributed by atoms with Crippen LogP contribution in [-0.2, 0) is 0 Å². The first kappa shape index (κ1) is 10.7. The number of nitrogens with zero attached hydrogens (tertiary/aromatic N) is 2. The number of anilines is 1. The molecule has 2 aromatic rings. The molecule has 0 fully saturated rings. The number of carbonyl (C=O) groups is 1. The molecule has 0 aliphatic rings. The summed E-state index contributed by atoms with van der Waals surface area (Å²) in [4.78, 5) is 12.3. The molecule has 0 aromatic carbocycles. The van der Waals surface area contributed by atoms with Crippen LogP contribution in [0.1, 0.15) is 14.7 Å². The van der Waals surface area contributed by atoms with Crippen LogP contribution in [-0.4, -0.2) is 16.1 Å². The molecule has 0 saturated heterocycles. The molecule has 2 rings (SSSR count). The van der Waals surface area contributed by atoms with E-state index in [9.17, 15) is 4.79 Å². The van der Waals surface area contributed by atoms with Gasteiger partial charge in [0.05, 0.1) is 8.66 Å². The number of nitrogens with one attached hydrogen (secondary N) is 1. The summed E-state index contributed by atoms with van der Waals surface area (Å²) in [5, 5.41) is 11.7. The fourth-order valence-electron chi connectivity index (χ4n) is 0.942. The van der Waals surface area contributed by atoms with E-state index in [1.54, 1.807) is 6.07 Å². The molecule has 1 N–H and O–H groups in total. The van der Waals surface area contributed by atoms with Crippen molar-refractivity contribution in [1.29, 1.82) is 0 Å². The van der Waals surface area contributed by atoms with Crippen molar-refractivity contribution in [2.45, 2.75) is 6.92 Å². The minimum absolute atomic E-state index is 0.151. The van der Waals surface area contributed by atoms with Gasteiger partial charge in [0.1, 0.15) is 5.01 Å². The van der Waals surface area contributed by atoms with Crippen LogP contribution in [0.3, 0.4) is 0 Å². The van der Waals surface area contributed by atoms with Crippen LogP contribution in [0.4, 0.5) is 5.13 Å². The number of aryl methyl sites for hydroxylation is 1. The van der Waals surface area contributed by atoms with Gasteiger partial charge in [-0.25, -0.2) is 0 Å². The monoisotopic (exact) mass is 303 g/mol. The zero-order valence-corrected chi connectivity index (χ0v) is 10.9. The Morgan fingerprint density at radius 1 is 1.40 bits per heavy atom. The van der Waals surface area contributed by atoms with Gasteiger partial charge >= 0.3 is 0 Å². The van der Waals surface area contributed by atoms with E-state index in [2.05, 4.69) is 31.4 Å². The van der Waals surface area contributed by atoms with Crippen LogP contribution in [0, 0.1) is 6.92 Å². The quantitative estimate of drug-likeness (QED) is 0.928. The summed E-state index contributed by atoms with van der Waals surface area (Å²) in [7, 11) is 0. The van der Waals surface area contributed by atoms with Gasteiger partial charge in [-0.2, -0.15) is 0 Å². The second-order valence-electron chi connectivity index (χ2n) is 2.68. The number of aromatic nitrogens is 2. The Bertz CT molecular complexity index is 494. The van der Waals surface area contributed by atoms with Gasteiger partial charge < -0.3 is 0 Å². The van der Waals surface area contributed by atoms with Crippen molar-refractivity contribution in [3.05, 3.63) is 25.8 Å². The fourth-order valence-corrected chi connectivity index (χ4v) is 2.81. The molecule has 0 radical (unpaired) electrons. The van der Waals surface area contributed by atoms with Crippen molar-refractivity contribution in [3.63, 3.8) is 0 Å². The van der Waals surface area contributed by atoms with Gasteiger partial charge in [0.15, 0.2) is 0 Å². The fraction of sp³-hybridized carbons (Fsp3) is 0.125. The Hall–Kier alpha value is -0.790. The van der Waals surface area contributed by atoms with Crippen LogP contribution < -0.4 is 5.32 Å². The average Bonchev–Trinajstić information content (AvgIpc) is 2.75. The van der Waals surface area contributed by atoms with Crippen LogP contribution >= 0.6 is 38.6 Å². The number of hydrogen-bond acceptors (Lipinski definition) is 5. The van der Waals surface area contributed by atoms with Crippen LogP contribution in [0.25, 0.3) is 0 Å². The number of thiophene rings is 1. The number of rotatable bonds is 2. The van der Waals surface area contributed by atoms with E-state index in [1.807, 2.05) is 13.0 Å². The summed E-state index contributed by atoms with van der Waals surface area (Å²) in [6, 6.07) is 3.60. The minimum atomic E-state index is -0.151. The first-order valence-electron chi connectivity index (χ1n) is 4.02. The maximum Gasteiger partial charge on any atom is 0.267 e. The van der Waals surface area contributed by atoms with E-state index in [-0.39, 0.29) is 5.91 Å². The first-order chi connectivity index (χ1) is 7.15. The Balaban J connectivity index is 2.10. The lowest BCUT2D eigenvalue weighted by atomic mass is 10.4. The van der Waals surface area contributed by atoms with Gasteiger partial charge in [-0.15, -0.1) is 21.5 Å². The van der Waals surface area contributed by atoms with Crippen molar-refractivity contribution in [2.24, 2.45) is 0 Å². The molecule has 0 spiro atoms. The molecular weight excluding hydrogens is 298 g/mol. The molecule has 0 aliphatic carbocycles. The molecule has 0 saturated carbocycles. The van der Waals surface area contributed by atoms with Crippen LogP contribution in [0.15, 0.2) is 15.9 Å². The van der Waals surface area contributed by atoms with Crippen LogP contribution in [0.5, 0.6) is 0 Å². The summed E-state index contributed by atoms with van der Waals surface area (Å²) in [5.74, 6) is -0.151. The summed E-state index contributed by atoms with van der Waals surface area (Å²) < 4.78 is 0.932. The Labute approximate surface area is 102 Å². The van der Waals surface area contributed by atoms with Crippen molar-refractivity contribution >= 4 is 49.6 Å². The van der Waals surface area contributed by atoms with Gasteiger partial charge in [0.25, 0.3) is 5.91 Å². The zero-order valence-electron chi connectivity index (χ0n) is 7.65. The SMILES string of the molecule is Cc1nnc(NC(=O)c2ccc(Br)s2)s1. The molecule has 0 atom stereocenters. The van der Waals surface area contributed by atoms with E-state index in [4.69, 9.17) is 0 Å². The Morgan fingerprint density at radius 3 is 2.73 bits per heavy atom. The van der Waals surface area contributed by atoms with E-state index in [0.717, 1.165) is 8.79 Å². The van der Waals surface area contributed by atoms with Gasteiger partial charge in [-0.1, -0.05) is 11.3 Å². The maximum atomic E-state index is 11.7. The molecule has 0 unspecified atom stereocenters. The predicted molar refractivity (Wildman–Crippen MR) is 64.6 cm³/mol.